The first kappa shape index (κ1) is 14.7. The molecule has 0 nitrogen and oxygen atoms in total. The smallest absolute Gasteiger partial charge is 0.0181 e. The molecule has 0 spiro atoms. The molecular formula is C19H20. The zero-order valence-electron chi connectivity index (χ0n) is 11.5. The first-order valence-electron chi connectivity index (χ1n) is 6.25. The lowest BCUT2D eigenvalue weighted by molar-refractivity contribution is 1.43. The molecule has 0 fully saturated rings. The van der Waals surface area contributed by atoms with E-state index in [-0.39, 0.29) is 0 Å². The van der Waals surface area contributed by atoms with E-state index in [2.05, 4.69) is 44.9 Å². The highest BCUT2D eigenvalue weighted by Gasteiger charge is 2.00. The highest BCUT2D eigenvalue weighted by molar-refractivity contribution is 5.76. The Morgan fingerprint density at radius 1 is 0.947 bits per heavy atom. The van der Waals surface area contributed by atoms with Gasteiger partial charge in [-0.1, -0.05) is 86.5 Å². The molecule has 0 heteroatoms. The van der Waals surface area contributed by atoms with Crippen LogP contribution in [-0.4, -0.2) is 0 Å². The highest BCUT2D eigenvalue weighted by atomic mass is 14.0. The van der Waals surface area contributed by atoms with E-state index in [0.717, 1.165) is 16.7 Å². The van der Waals surface area contributed by atoms with Gasteiger partial charge in [-0.2, -0.15) is 0 Å². The summed E-state index contributed by atoms with van der Waals surface area (Å²) in [5, 5.41) is 0. The van der Waals surface area contributed by atoms with Crippen molar-refractivity contribution in [3.05, 3.63) is 103 Å². The Balaban J connectivity index is 3.20. The summed E-state index contributed by atoms with van der Waals surface area (Å²) in [5.74, 6) is 0. The molecule has 0 aliphatic rings. The predicted molar refractivity (Wildman–Crippen MR) is 86.9 cm³/mol. The fourth-order valence-corrected chi connectivity index (χ4v) is 1.79. The molecule has 1 rings (SSSR count). The van der Waals surface area contributed by atoms with Crippen LogP contribution in [0, 0.1) is 0 Å². The average molecular weight is 248 g/mol. The topological polar surface area (TPSA) is 0 Å². The van der Waals surface area contributed by atoms with E-state index in [9.17, 15) is 0 Å². The van der Waals surface area contributed by atoms with Crippen LogP contribution in [0.3, 0.4) is 0 Å². The highest BCUT2D eigenvalue weighted by Crippen LogP contribution is 2.21. The zero-order chi connectivity index (χ0) is 14.1. The van der Waals surface area contributed by atoms with Crippen LogP contribution in [-0.2, 0) is 0 Å². The minimum atomic E-state index is 1.07. The Morgan fingerprint density at radius 3 is 2.11 bits per heavy atom. The second-order valence-corrected chi connectivity index (χ2v) is 4.11. The molecule has 19 heavy (non-hydrogen) atoms. The van der Waals surface area contributed by atoms with Crippen molar-refractivity contribution in [2.45, 2.75) is 6.92 Å². The van der Waals surface area contributed by atoms with Crippen molar-refractivity contribution in [3.8, 4) is 0 Å². The van der Waals surface area contributed by atoms with Gasteiger partial charge in [-0.15, -0.1) is 0 Å². The maximum atomic E-state index is 3.83. The largest absolute Gasteiger partial charge is 0.0990 e. The van der Waals surface area contributed by atoms with Crippen molar-refractivity contribution in [3.63, 3.8) is 0 Å². The van der Waals surface area contributed by atoms with E-state index in [1.54, 1.807) is 12.2 Å². The van der Waals surface area contributed by atoms with Crippen LogP contribution in [0.5, 0.6) is 0 Å². The van der Waals surface area contributed by atoms with Crippen molar-refractivity contribution >= 4 is 5.57 Å². The molecule has 1 aromatic carbocycles. The van der Waals surface area contributed by atoms with E-state index >= 15 is 0 Å². The molecular weight excluding hydrogens is 228 g/mol. The van der Waals surface area contributed by atoms with Gasteiger partial charge in [0.05, 0.1) is 0 Å². The fraction of sp³-hybridized carbons (Fsp3) is 0.0526. The molecule has 0 bridgehead atoms. The third kappa shape index (κ3) is 4.44. The van der Waals surface area contributed by atoms with Gasteiger partial charge < -0.3 is 0 Å². The van der Waals surface area contributed by atoms with Crippen LogP contribution < -0.4 is 0 Å². The SMILES string of the molecule is C=C/C=C(C=C)/C(C)=C/C(=C\C=C)c1ccccc1. The third-order valence-electron chi connectivity index (χ3n) is 2.75. The molecule has 0 heterocycles. The van der Waals surface area contributed by atoms with Gasteiger partial charge >= 0.3 is 0 Å². The average Bonchev–Trinajstić information content (AvgIpc) is 2.45. The Kier molecular flexibility index (Phi) is 6.11. The van der Waals surface area contributed by atoms with Gasteiger partial charge in [-0.05, 0) is 29.2 Å². The van der Waals surface area contributed by atoms with Gasteiger partial charge in [0.1, 0.15) is 0 Å². The van der Waals surface area contributed by atoms with Gasteiger partial charge in [0.25, 0.3) is 0 Å². The van der Waals surface area contributed by atoms with Crippen LogP contribution in [0.4, 0.5) is 0 Å². The number of benzene rings is 1. The van der Waals surface area contributed by atoms with Crippen LogP contribution in [0.25, 0.3) is 5.57 Å². The molecule has 0 atom stereocenters. The van der Waals surface area contributed by atoms with Gasteiger partial charge in [0.15, 0.2) is 0 Å². The van der Waals surface area contributed by atoms with E-state index in [4.69, 9.17) is 0 Å². The summed E-state index contributed by atoms with van der Waals surface area (Å²) >= 11 is 0. The van der Waals surface area contributed by atoms with Gasteiger partial charge in [-0.25, -0.2) is 0 Å². The van der Waals surface area contributed by atoms with Gasteiger partial charge in [0, 0.05) is 0 Å². The molecule has 0 unspecified atom stereocenters. The minimum absolute atomic E-state index is 1.07. The Labute approximate surface area is 116 Å². The lowest BCUT2D eigenvalue weighted by Crippen LogP contribution is -1.85. The molecule has 0 aromatic heterocycles. The predicted octanol–water partition coefficient (Wildman–Crippen LogP) is 5.50. The monoisotopic (exact) mass is 248 g/mol. The normalized spacial score (nSPS) is 13.0. The van der Waals surface area contributed by atoms with Crippen molar-refractivity contribution in [2.24, 2.45) is 0 Å². The molecule has 0 amide bonds. The Bertz CT molecular complexity index is 537. The molecule has 0 aliphatic heterocycles. The quantitative estimate of drug-likeness (QED) is 0.583. The lowest BCUT2D eigenvalue weighted by atomic mass is 9.99. The van der Waals surface area contributed by atoms with Crippen molar-refractivity contribution in [1.29, 1.82) is 0 Å². The number of hydrogen-bond acceptors (Lipinski definition) is 0. The maximum Gasteiger partial charge on any atom is -0.0181 e. The Morgan fingerprint density at radius 2 is 1.58 bits per heavy atom. The Hall–Kier alpha value is -2.34. The lowest BCUT2D eigenvalue weighted by Gasteiger charge is -2.06. The molecule has 1 aromatic rings. The van der Waals surface area contributed by atoms with Crippen LogP contribution >= 0.6 is 0 Å². The summed E-state index contributed by atoms with van der Waals surface area (Å²) in [6.45, 7) is 13.4. The summed E-state index contributed by atoms with van der Waals surface area (Å²) in [4.78, 5) is 0. The molecule has 0 aliphatic carbocycles. The maximum absolute atomic E-state index is 3.83. The molecule has 96 valence electrons. The molecule has 0 saturated heterocycles. The van der Waals surface area contributed by atoms with E-state index < -0.39 is 0 Å². The second-order valence-electron chi connectivity index (χ2n) is 4.11. The van der Waals surface area contributed by atoms with Crippen LogP contribution in [0.1, 0.15) is 12.5 Å². The summed E-state index contributed by atoms with van der Waals surface area (Å²) in [6.07, 6.45) is 11.5. The zero-order valence-corrected chi connectivity index (χ0v) is 11.5. The van der Waals surface area contributed by atoms with Gasteiger partial charge in [0.2, 0.25) is 0 Å². The summed E-state index contributed by atoms with van der Waals surface area (Å²) < 4.78 is 0. The number of allylic oxidation sites excluding steroid dienone is 9. The van der Waals surface area contributed by atoms with Crippen molar-refractivity contribution in [2.75, 3.05) is 0 Å². The number of rotatable bonds is 6. The van der Waals surface area contributed by atoms with E-state index in [0.29, 0.717) is 0 Å². The van der Waals surface area contributed by atoms with Crippen LogP contribution in [0.15, 0.2) is 97.7 Å². The minimum Gasteiger partial charge on any atom is -0.0990 e. The summed E-state index contributed by atoms with van der Waals surface area (Å²) in [5.41, 5.74) is 4.52. The first-order chi connectivity index (χ1) is 9.22. The van der Waals surface area contributed by atoms with Gasteiger partial charge in [-0.3, -0.25) is 0 Å². The first-order valence-corrected chi connectivity index (χ1v) is 6.25. The molecule has 0 saturated carbocycles. The number of hydrogen-bond donors (Lipinski definition) is 0. The van der Waals surface area contributed by atoms with E-state index in [1.807, 2.05) is 36.4 Å². The fourth-order valence-electron chi connectivity index (χ4n) is 1.79. The second kappa shape index (κ2) is 7.88. The van der Waals surface area contributed by atoms with E-state index in [1.165, 1.54) is 5.56 Å². The van der Waals surface area contributed by atoms with Crippen LogP contribution in [0.2, 0.25) is 0 Å². The van der Waals surface area contributed by atoms with Crippen molar-refractivity contribution < 1.29 is 0 Å². The molecule has 0 N–H and O–H groups in total. The summed E-state index contributed by atoms with van der Waals surface area (Å²) in [6, 6.07) is 10.2. The third-order valence-corrected chi connectivity index (χ3v) is 2.75. The molecule has 0 radical (unpaired) electrons. The standard InChI is InChI=1S/C19H20/c1-5-11-17(7-3)16(4)15-19(12-6-2)18-13-9-8-10-14-18/h5-15H,1-3H2,4H3/b16-15+,17-11+,19-12+. The van der Waals surface area contributed by atoms with Crippen molar-refractivity contribution in [1.82, 2.24) is 0 Å². The summed E-state index contributed by atoms with van der Waals surface area (Å²) in [7, 11) is 0.